The highest BCUT2D eigenvalue weighted by atomic mass is 28.3. The fourth-order valence-electron chi connectivity index (χ4n) is 10.2. The van der Waals surface area contributed by atoms with E-state index in [1.807, 2.05) is 30.3 Å². The van der Waals surface area contributed by atoms with E-state index >= 15 is 0 Å². The molecular weight excluding hydrogens is 829 g/mol. The summed E-state index contributed by atoms with van der Waals surface area (Å²) in [6.07, 6.45) is 0. The molecule has 0 radical (unpaired) electrons. The summed E-state index contributed by atoms with van der Waals surface area (Å²) in [7, 11) is -2.89. The molecule has 0 atom stereocenters. The predicted molar refractivity (Wildman–Crippen MR) is 284 cm³/mol. The van der Waals surface area contributed by atoms with Crippen molar-refractivity contribution in [3.63, 3.8) is 0 Å². The molecule has 4 heteroatoms. The van der Waals surface area contributed by atoms with Gasteiger partial charge in [-0.25, -0.2) is 4.98 Å². The van der Waals surface area contributed by atoms with Crippen LogP contribution in [0.5, 0.6) is 0 Å². The van der Waals surface area contributed by atoms with E-state index in [4.69, 9.17) is 9.40 Å². The lowest BCUT2D eigenvalue weighted by Gasteiger charge is -2.36. The summed E-state index contributed by atoms with van der Waals surface area (Å²) in [5.41, 5.74) is 10.4. The van der Waals surface area contributed by atoms with E-state index in [2.05, 4.69) is 241 Å². The Morgan fingerprint density at radius 2 is 0.851 bits per heavy atom. The molecule has 0 saturated carbocycles. The van der Waals surface area contributed by atoms with Crippen LogP contribution < -0.4 is 25.6 Å². The number of anilines is 3. The van der Waals surface area contributed by atoms with E-state index in [0.717, 1.165) is 66.4 Å². The first-order chi connectivity index (χ1) is 33.2. The first-order valence-corrected chi connectivity index (χ1v) is 24.9. The van der Waals surface area contributed by atoms with Crippen LogP contribution >= 0.6 is 0 Å². The smallest absolute Gasteiger partial charge is 0.227 e. The molecule has 0 fully saturated rings. The van der Waals surface area contributed by atoms with Crippen LogP contribution in [0.25, 0.3) is 66.4 Å². The average molecular weight is 873 g/mol. The summed E-state index contributed by atoms with van der Waals surface area (Å²) in [6.45, 7) is 0. The third-order valence-corrected chi connectivity index (χ3v) is 18.0. The molecule has 1 heterocycles. The van der Waals surface area contributed by atoms with Gasteiger partial charge < -0.3 is 9.32 Å². The van der Waals surface area contributed by atoms with Crippen molar-refractivity contribution in [3.05, 3.63) is 267 Å². The second-order valence-corrected chi connectivity index (χ2v) is 20.8. The lowest BCUT2D eigenvalue weighted by molar-refractivity contribution is 0.623. The molecule has 0 aliphatic carbocycles. The summed E-state index contributed by atoms with van der Waals surface area (Å²) in [5.74, 6) is 0.614. The quantitative estimate of drug-likeness (QED) is 0.0779. The largest absolute Gasteiger partial charge is 0.435 e. The molecule has 0 N–H and O–H groups in total. The number of para-hydroxylation sites is 1. The van der Waals surface area contributed by atoms with Crippen molar-refractivity contribution >= 4 is 78.5 Å². The zero-order chi connectivity index (χ0) is 44.6. The van der Waals surface area contributed by atoms with Gasteiger partial charge in [0.15, 0.2) is 13.7 Å². The van der Waals surface area contributed by atoms with E-state index in [-0.39, 0.29) is 0 Å². The normalized spacial score (nSPS) is 11.6. The van der Waals surface area contributed by atoms with Gasteiger partial charge in [-0.3, -0.25) is 0 Å². The highest BCUT2D eigenvalue weighted by Crippen LogP contribution is 2.45. The fourth-order valence-corrected chi connectivity index (χ4v) is 15.0. The van der Waals surface area contributed by atoms with E-state index in [1.54, 1.807) is 0 Å². The Labute approximate surface area is 391 Å². The first kappa shape index (κ1) is 40.0. The molecule has 0 aliphatic rings. The van der Waals surface area contributed by atoms with Crippen LogP contribution in [0.3, 0.4) is 0 Å². The molecule has 0 amide bonds. The molecule has 0 saturated heterocycles. The number of oxazole rings is 1. The molecule has 0 bridgehead atoms. The number of fused-ring (bicyclic) bond motifs is 5. The van der Waals surface area contributed by atoms with Gasteiger partial charge in [0.25, 0.3) is 0 Å². The van der Waals surface area contributed by atoms with Gasteiger partial charge in [0, 0.05) is 27.9 Å². The lowest BCUT2D eigenvalue weighted by Crippen LogP contribution is -2.74. The maximum atomic E-state index is 6.74. The van der Waals surface area contributed by atoms with Crippen molar-refractivity contribution in [1.82, 2.24) is 4.98 Å². The SMILES string of the molecule is c1ccc(-c2nc3ccc4ccc5ccc(N(c6cccc([Si](c7ccccc7)(c7ccccc7)c7ccccc7)c6)c6ccccc6-c6ccccc6-c6ccccc6)cc5c4c3o2)cc1. The van der Waals surface area contributed by atoms with Crippen LogP contribution in [-0.4, -0.2) is 13.1 Å². The third-order valence-electron chi connectivity index (χ3n) is 13.2. The summed E-state index contributed by atoms with van der Waals surface area (Å²) in [4.78, 5) is 7.47. The second kappa shape index (κ2) is 17.1. The Hall–Kier alpha value is -8.57. The molecule has 12 rings (SSSR count). The fraction of sp³-hybridized carbons (Fsp3) is 0. The van der Waals surface area contributed by atoms with Crippen LogP contribution in [0, 0.1) is 0 Å². The van der Waals surface area contributed by atoms with Gasteiger partial charge in [0.1, 0.15) is 5.52 Å². The molecule has 11 aromatic carbocycles. The van der Waals surface area contributed by atoms with Crippen molar-refractivity contribution in [2.75, 3.05) is 4.90 Å². The zero-order valence-electron chi connectivity index (χ0n) is 36.7. The Bertz CT molecular complexity index is 3590. The number of rotatable bonds is 10. The summed E-state index contributed by atoms with van der Waals surface area (Å²) >= 11 is 0. The molecule has 12 aromatic rings. The second-order valence-electron chi connectivity index (χ2n) is 17.0. The van der Waals surface area contributed by atoms with E-state index in [9.17, 15) is 0 Å². The lowest BCUT2D eigenvalue weighted by atomic mass is 9.93. The van der Waals surface area contributed by atoms with Crippen molar-refractivity contribution < 1.29 is 4.42 Å². The van der Waals surface area contributed by atoms with Gasteiger partial charge in [-0.15, -0.1) is 0 Å². The third kappa shape index (κ3) is 7.03. The number of benzene rings is 11. The van der Waals surface area contributed by atoms with E-state index < -0.39 is 8.07 Å². The Morgan fingerprint density at radius 3 is 1.51 bits per heavy atom. The van der Waals surface area contributed by atoms with Gasteiger partial charge in [-0.1, -0.05) is 218 Å². The minimum atomic E-state index is -2.89. The molecule has 3 nitrogen and oxygen atoms in total. The van der Waals surface area contributed by atoms with Crippen LogP contribution in [0.15, 0.2) is 271 Å². The number of nitrogens with zero attached hydrogens (tertiary/aromatic N) is 2. The zero-order valence-corrected chi connectivity index (χ0v) is 37.7. The van der Waals surface area contributed by atoms with Crippen molar-refractivity contribution in [2.24, 2.45) is 0 Å². The summed E-state index contributed by atoms with van der Waals surface area (Å²) in [6, 6.07) is 96.9. The molecular formula is C63H44N2OSi. The topological polar surface area (TPSA) is 29.3 Å². The molecule has 0 spiro atoms. The van der Waals surface area contributed by atoms with Crippen molar-refractivity contribution in [1.29, 1.82) is 0 Å². The van der Waals surface area contributed by atoms with Crippen molar-refractivity contribution in [2.45, 2.75) is 0 Å². The first-order valence-electron chi connectivity index (χ1n) is 22.9. The standard InChI is InChI=1S/C63H44N2OSi/c1-6-21-45(22-7-1)55-33-16-17-34-56(55)57-35-18-19-36-60(57)65(50-41-39-46-37-38-47-40-42-59-62(61(47)58(46)44-50)66-63(64-59)48-23-8-2-9-24-48)49-25-20-32-54(43-49)67(51-26-10-3-11-27-51,52-28-12-4-13-29-52)53-30-14-5-15-31-53/h1-44H. The van der Waals surface area contributed by atoms with Crippen molar-refractivity contribution in [3.8, 4) is 33.7 Å². The Balaban J connectivity index is 1.14. The average Bonchev–Trinajstić information content (AvgIpc) is 3.86. The van der Waals surface area contributed by atoms with E-state index in [0.29, 0.717) is 5.89 Å². The monoisotopic (exact) mass is 872 g/mol. The molecule has 1 aromatic heterocycles. The highest BCUT2D eigenvalue weighted by Gasteiger charge is 2.41. The number of aromatic nitrogens is 1. The minimum Gasteiger partial charge on any atom is -0.435 e. The van der Waals surface area contributed by atoms with Crippen LogP contribution in [0.4, 0.5) is 17.1 Å². The Kier molecular flexibility index (Phi) is 10.2. The molecule has 316 valence electrons. The predicted octanol–water partition coefficient (Wildman–Crippen LogP) is 14.0. The van der Waals surface area contributed by atoms with Gasteiger partial charge in [-0.05, 0) is 102 Å². The van der Waals surface area contributed by atoms with E-state index in [1.165, 1.54) is 31.9 Å². The molecule has 0 aliphatic heterocycles. The summed E-state index contributed by atoms with van der Waals surface area (Å²) in [5, 5.41) is 9.66. The Morgan fingerprint density at radius 1 is 0.358 bits per heavy atom. The van der Waals surface area contributed by atoms with Crippen LogP contribution in [0.1, 0.15) is 0 Å². The van der Waals surface area contributed by atoms with Crippen LogP contribution in [-0.2, 0) is 0 Å². The molecule has 67 heavy (non-hydrogen) atoms. The van der Waals surface area contributed by atoms with Crippen LogP contribution in [0.2, 0.25) is 0 Å². The highest BCUT2D eigenvalue weighted by molar-refractivity contribution is 7.19. The number of hydrogen-bond donors (Lipinski definition) is 0. The number of hydrogen-bond acceptors (Lipinski definition) is 3. The maximum absolute atomic E-state index is 6.74. The molecule has 0 unspecified atom stereocenters. The summed E-state index contributed by atoms with van der Waals surface area (Å²) < 4.78 is 6.74. The minimum absolute atomic E-state index is 0.614. The van der Waals surface area contributed by atoms with Gasteiger partial charge in [0.05, 0.1) is 5.69 Å². The van der Waals surface area contributed by atoms with Gasteiger partial charge in [-0.2, -0.15) is 0 Å². The van der Waals surface area contributed by atoms with Gasteiger partial charge >= 0.3 is 0 Å². The maximum Gasteiger partial charge on any atom is 0.227 e. The van der Waals surface area contributed by atoms with Gasteiger partial charge in [0.2, 0.25) is 5.89 Å².